The molecule has 2 aromatic carbocycles. The summed E-state index contributed by atoms with van der Waals surface area (Å²) in [5.74, 6) is -0.0744. The van der Waals surface area contributed by atoms with Crippen molar-refractivity contribution in [2.45, 2.75) is 6.42 Å². The summed E-state index contributed by atoms with van der Waals surface area (Å²) in [4.78, 5) is 10.1. The van der Waals surface area contributed by atoms with Crippen LogP contribution < -0.4 is 0 Å². The van der Waals surface area contributed by atoms with Gasteiger partial charge in [0.1, 0.15) is 11.5 Å². The van der Waals surface area contributed by atoms with Crippen molar-refractivity contribution < 1.29 is 15.1 Å². The van der Waals surface area contributed by atoms with E-state index in [9.17, 15) is 20.3 Å². The number of benzene rings is 2. The second-order valence-electron chi connectivity index (χ2n) is 4.44. The molecule has 20 heavy (non-hydrogen) atoms. The number of allylic oxidation sites excluding steroid dienone is 1. The van der Waals surface area contributed by atoms with Gasteiger partial charge in [-0.15, -0.1) is 0 Å². The van der Waals surface area contributed by atoms with Crippen LogP contribution in [-0.2, 0) is 6.42 Å². The lowest BCUT2D eigenvalue weighted by Gasteiger charge is -2.07. The SMILES string of the molecule is C=C(Cc1ccc([N+](=O)[O-])cc1)c1cc(O)cc(O)c1. The highest BCUT2D eigenvalue weighted by Crippen LogP contribution is 2.27. The second-order valence-corrected chi connectivity index (χ2v) is 4.44. The summed E-state index contributed by atoms with van der Waals surface area (Å²) in [6.07, 6.45) is 0.473. The molecule has 0 aromatic heterocycles. The van der Waals surface area contributed by atoms with Gasteiger partial charge in [0.05, 0.1) is 4.92 Å². The Hall–Kier alpha value is -2.82. The van der Waals surface area contributed by atoms with Gasteiger partial charge in [-0.2, -0.15) is 0 Å². The molecule has 2 rings (SSSR count). The van der Waals surface area contributed by atoms with Crippen molar-refractivity contribution in [1.82, 2.24) is 0 Å². The van der Waals surface area contributed by atoms with Crippen LogP contribution >= 0.6 is 0 Å². The first-order valence-corrected chi connectivity index (χ1v) is 5.90. The smallest absolute Gasteiger partial charge is 0.269 e. The zero-order valence-electron chi connectivity index (χ0n) is 10.6. The van der Waals surface area contributed by atoms with Gasteiger partial charge in [-0.1, -0.05) is 18.7 Å². The molecule has 0 spiro atoms. The fourth-order valence-electron chi connectivity index (χ4n) is 1.88. The van der Waals surface area contributed by atoms with Crippen LogP contribution in [0.25, 0.3) is 5.57 Å². The standard InChI is InChI=1S/C15H13NO4/c1-10(12-7-14(17)9-15(18)8-12)6-11-2-4-13(5-3-11)16(19)20/h2-5,7-9,17-18H,1,6H2. The van der Waals surface area contributed by atoms with Crippen molar-refractivity contribution >= 4 is 11.3 Å². The summed E-state index contributed by atoms with van der Waals surface area (Å²) >= 11 is 0. The molecule has 2 N–H and O–H groups in total. The molecule has 0 unspecified atom stereocenters. The Kier molecular flexibility index (Phi) is 3.70. The maximum Gasteiger partial charge on any atom is 0.269 e. The molecule has 0 atom stereocenters. The zero-order valence-corrected chi connectivity index (χ0v) is 10.6. The largest absolute Gasteiger partial charge is 0.508 e. The van der Waals surface area contributed by atoms with Gasteiger partial charge in [-0.25, -0.2) is 0 Å². The van der Waals surface area contributed by atoms with Crippen LogP contribution in [0.4, 0.5) is 5.69 Å². The number of phenols is 2. The van der Waals surface area contributed by atoms with E-state index >= 15 is 0 Å². The fourth-order valence-corrected chi connectivity index (χ4v) is 1.88. The molecule has 0 aliphatic rings. The van der Waals surface area contributed by atoms with Crippen LogP contribution in [0.1, 0.15) is 11.1 Å². The van der Waals surface area contributed by atoms with Gasteiger partial charge in [0.25, 0.3) is 5.69 Å². The molecule has 0 heterocycles. The monoisotopic (exact) mass is 271 g/mol. The molecular formula is C15H13NO4. The van der Waals surface area contributed by atoms with Crippen molar-refractivity contribution in [3.8, 4) is 11.5 Å². The first kappa shape index (κ1) is 13.6. The number of nitro groups is 1. The van der Waals surface area contributed by atoms with E-state index in [0.717, 1.165) is 5.56 Å². The molecule has 0 fully saturated rings. The van der Waals surface area contributed by atoms with Crippen molar-refractivity contribution in [2.24, 2.45) is 0 Å². The van der Waals surface area contributed by atoms with Crippen LogP contribution in [0.2, 0.25) is 0 Å². The number of nitrogens with zero attached hydrogens (tertiary/aromatic N) is 1. The Balaban J connectivity index is 2.16. The maximum atomic E-state index is 10.6. The number of nitro benzene ring substituents is 1. The lowest BCUT2D eigenvalue weighted by atomic mass is 9.99. The highest BCUT2D eigenvalue weighted by Gasteiger charge is 2.07. The lowest BCUT2D eigenvalue weighted by molar-refractivity contribution is -0.384. The minimum atomic E-state index is -0.453. The van der Waals surface area contributed by atoms with E-state index in [4.69, 9.17) is 0 Å². The van der Waals surface area contributed by atoms with Crippen LogP contribution in [0.15, 0.2) is 49.0 Å². The number of phenolic OH excluding ortho intramolecular Hbond substituents is 2. The molecule has 0 saturated heterocycles. The van der Waals surface area contributed by atoms with E-state index in [1.54, 1.807) is 12.1 Å². The highest BCUT2D eigenvalue weighted by atomic mass is 16.6. The summed E-state index contributed by atoms with van der Waals surface area (Å²) in [6.45, 7) is 3.90. The predicted octanol–water partition coefficient (Wildman–Crippen LogP) is 3.26. The van der Waals surface area contributed by atoms with Gasteiger partial charge < -0.3 is 10.2 Å². The summed E-state index contributed by atoms with van der Waals surface area (Å²) in [6, 6.07) is 10.4. The van der Waals surface area contributed by atoms with Gasteiger partial charge in [-0.3, -0.25) is 10.1 Å². The Morgan fingerprint density at radius 3 is 2.15 bits per heavy atom. The highest BCUT2D eigenvalue weighted by molar-refractivity contribution is 5.68. The lowest BCUT2D eigenvalue weighted by Crippen LogP contribution is -1.92. The molecule has 5 nitrogen and oxygen atoms in total. The Labute approximate surface area is 115 Å². The van der Waals surface area contributed by atoms with E-state index in [1.807, 2.05) is 0 Å². The van der Waals surface area contributed by atoms with Crippen molar-refractivity contribution in [3.05, 3.63) is 70.3 Å². The molecule has 5 heteroatoms. The molecular weight excluding hydrogens is 258 g/mol. The molecule has 0 amide bonds. The minimum absolute atomic E-state index is 0.0364. The third-order valence-electron chi connectivity index (χ3n) is 2.88. The second kappa shape index (κ2) is 5.44. The topological polar surface area (TPSA) is 83.6 Å². The van der Waals surface area contributed by atoms with Crippen molar-refractivity contribution in [2.75, 3.05) is 0 Å². The molecule has 0 aliphatic heterocycles. The van der Waals surface area contributed by atoms with Crippen LogP contribution in [-0.4, -0.2) is 15.1 Å². The fraction of sp³-hybridized carbons (Fsp3) is 0.0667. The molecule has 0 radical (unpaired) electrons. The van der Waals surface area contributed by atoms with Gasteiger partial charge in [0, 0.05) is 18.2 Å². The number of hydrogen-bond acceptors (Lipinski definition) is 4. The third kappa shape index (κ3) is 3.14. The molecule has 0 aliphatic carbocycles. The summed E-state index contributed by atoms with van der Waals surface area (Å²) in [5.41, 5.74) is 2.23. The first-order valence-electron chi connectivity index (χ1n) is 5.90. The molecule has 0 saturated carbocycles. The van der Waals surface area contributed by atoms with E-state index in [2.05, 4.69) is 6.58 Å². The van der Waals surface area contributed by atoms with E-state index in [1.165, 1.54) is 30.3 Å². The number of non-ortho nitro benzene ring substituents is 1. The van der Waals surface area contributed by atoms with E-state index < -0.39 is 4.92 Å². The Bertz CT molecular complexity index is 642. The average molecular weight is 271 g/mol. The zero-order chi connectivity index (χ0) is 14.7. The van der Waals surface area contributed by atoms with Crippen molar-refractivity contribution in [3.63, 3.8) is 0 Å². The first-order chi connectivity index (χ1) is 9.45. The Morgan fingerprint density at radius 1 is 1.10 bits per heavy atom. The van der Waals surface area contributed by atoms with Crippen LogP contribution in [0.3, 0.4) is 0 Å². The van der Waals surface area contributed by atoms with Gasteiger partial charge in [0.15, 0.2) is 0 Å². The van der Waals surface area contributed by atoms with Gasteiger partial charge >= 0.3 is 0 Å². The molecule has 102 valence electrons. The minimum Gasteiger partial charge on any atom is -0.508 e. The van der Waals surface area contributed by atoms with Crippen LogP contribution in [0, 0.1) is 10.1 Å². The summed E-state index contributed by atoms with van der Waals surface area (Å²) < 4.78 is 0. The quantitative estimate of drug-likeness (QED) is 0.660. The normalized spacial score (nSPS) is 10.2. The van der Waals surface area contributed by atoms with E-state index in [-0.39, 0.29) is 17.2 Å². The van der Waals surface area contributed by atoms with Crippen LogP contribution in [0.5, 0.6) is 11.5 Å². The summed E-state index contributed by atoms with van der Waals surface area (Å²) in [7, 11) is 0. The molecule has 2 aromatic rings. The van der Waals surface area contributed by atoms with Crippen molar-refractivity contribution in [1.29, 1.82) is 0 Å². The number of rotatable bonds is 4. The third-order valence-corrected chi connectivity index (χ3v) is 2.88. The number of hydrogen-bond donors (Lipinski definition) is 2. The maximum absolute atomic E-state index is 10.6. The molecule has 0 bridgehead atoms. The summed E-state index contributed by atoms with van der Waals surface area (Å²) in [5, 5.41) is 29.4. The Morgan fingerprint density at radius 2 is 1.65 bits per heavy atom. The predicted molar refractivity (Wildman–Crippen MR) is 75.6 cm³/mol. The number of aromatic hydroxyl groups is 2. The van der Waals surface area contributed by atoms with Gasteiger partial charge in [-0.05, 0) is 35.3 Å². The van der Waals surface area contributed by atoms with E-state index in [0.29, 0.717) is 17.6 Å². The van der Waals surface area contributed by atoms with Gasteiger partial charge in [0.2, 0.25) is 0 Å². The average Bonchev–Trinajstić information content (AvgIpc) is 2.38.